The van der Waals surface area contributed by atoms with Gasteiger partial charge in [-0.2, -0.15) is 0 Å². The van der Waals surface area contributed by atoms with E-state index in [2.05, 4.69) is 0 Å². The van der Waals surface area contributed by atoms with Crippen molar-refractivity contribution in [1.82, 2.24) is 0 Å². The summed E-state index contributed by atoms with van der Waals surface area (Å²) in [6.45, 7) is 1.68. The minimum Gasteiger partial charge on any atom is -0.402 e. The quantitative estimate of drug-likeness (QED) is 0.497. The zero-order chi connectivity index (χ0) is 5.86. The molecule has 0 saturated heterocycles. The molecule has 3 heteroatoms. The Morgan fingerprint density at radius 1 is 1.86 bits per heavy atom. The van der Waals surface area contributed by atoms with Crippen molar-refractivity contribution in [1.29, 1.82) is 5.41 Å². The van der Waals surface area contributed by atoms with Crippen molar-refractivity contribution in [3.05, 3.63) is 11.8 Å². The lowest BCUT2D eigenvalue weighted by Crippen LogP contribution is -1.91. The molecule has 0 rings (SSSR count). The van der Waals surface area contributed by atoms with Gasteiger partial charge in [-0.15, -0.1) is 0 Å². The molecule has 0 radical (unpaired) electrons. The highest BCUT2D eigenvalue weighted by Crippen LogP contribution is 1.85. The van der Waals surface area contributed by atoms with E-state index in [0.717, 1.165) is 0 Å². The third-order valence-corrected chi connectivity index (χ3v) is 0.464. The van der Waals surface area contributed by atoms with Gasteiger partial charge in [-0.1, -0.05) is 11.6 Å². The number of nitrogens with one attached hydrogen (secondary N) is 1. The van der Waals surface area contributed by atoms with Crippen LogP contribution in [0.15, 0.2) is 11.8 Å². The van der Waals surface area contributed by atoms with Gasteiger partial charge in [0.2, 0.25) is 0 Å². The van der Waals surface area contributed by atoms with Crippen LogP contribution in [0.2, 0.25) is 0 Å². The molecule has 7 heavy (non-hydrogen) atoms. The molecule has 0 spiro atoms. The van der Waals surface area contributed by atoms with E-state index in [4.69, 9.17) is 22.7 Å². The van der Waals surface area contributed by atoms with Crippen LogP contribution in [0.3, 0.4) is 0 Å². The number of nitrogens with two attached hydrogens (primary N) is 1. The van der Waals surface area contributed by atoms with E-state index >= 15 is 0 Å². The van der Waals surface area contributed by atoms with Gasteiger partial charge in [0.05, 0.1) is 0 Å². The van der Waals surface area contributed by atoms with Crippen molar-refractivity contribution in [3.63, 3.8) is 0 Å². The summed E-state index contributed by atoms with van der Waals surface area (Å²) in [7, 11) is 0. The Morgan fingerprint density at radius 3 is 2.29 bits per heavy atom. The Morgan fingerprint density at radius 2 is 2.29 bits per heavy atom. The Hall–Kier alpha value is -0.500. The van der Waals surface area contributed by atoms with Crippen LogP contribution in [0.1, 0.15) is 6.92 Å². The number of allylic oxidation sites excluding steroid dienone is 2. The first kappa shape index (κ1) is 6.50. The van der Waals surface area contributed by atoms with E-state index in [9.17, 15) is 0 Å². The standard InChI is InChI=1S/C4H7ClN2/c1-3(6)2-4(5)7/h2,7H,6H2,1H3. The molecule has 0 heterocycles. The smallest absolute Gasteiger partial charge is 0.122 e. The van der Waals surface area contributed by atoms with Gasteiger partial charge in [-0.25, -0.2) is 0 Å². The normalized spacial score (nSPS) is 11.4. The predicted molar refractivity (Wildman–Crippen MR) is 31.5 cm³/mol. The lowest BCUT2D eigenvalue weighted by Gasteiger charge is -1.82. The van der Waals surface area contributed by atoms with Crippen LogP contribution in [0.5, 0.6) is 0 Å². The molecule has 0 atom stereocenters. The highest BCUT2D eigenvalue weighted by atomic mass is 35.5. The zero-order valence-corrected chi connectivity index (χ0v) is 4.79. The molecule has 0 saturated carbocycles. The second kappa shape index (κ2) is 2.64. The van der Waals surface area contributed by atoms with Gasteiger partial charge in [0.1, 0.15) is 5.17 Å². The third-order valence-electron chi connectivity index (χ3n) is 0.354. The maximum absolute atomic E-state index is 6.63. The van der Waals surface area contributed by atoms with Gasteiger partial charge in [0.15, 0.2) is 0 Å². The molecule has 0 aliphatic heterocycles. The van der Waals surface area contributed by atoms with E-state index in [1.807, 2.05) is 0 Å². The van der Waals surface area contributed by atoms with Gasteiger partial charge >= 0.3 is 0 Å². The van der Waals surface area contributed by atoms with Crippen molar-refractivity contribution in [3.8, 4) is 0 Å². The summed E-state index contributed by atoms with van der Waals surface area (Å²) in [5.41, 5.74) is 5.68. The Kier molecular flexibility index (Phi) is 2.45. The van der Waals surface area contributed by atoms with E-state index in [1.54, 1.807) is 6.92 Å². The van der Waals surface area contributed by atoms with Crippen molar-refractivity contribution in [2.45, 2.75) is 6.92 Å². The van der Waals surface area contributed by atoms with E-state index in [1.165, 1.54) is 6.08 Å². The van der Waals surface area contributed by atoms with Crippen LogP contribution in [-0.2, 0) is 0 Å². The molecule has 2 nitrogen and oxygen atoms in total. The largest absolute Gasteiger partial charge is 0.402 e. The van der Waals surface area contributed by atoms with Gasteiger partial charge in [0.25, 0.3) is 0 Å². The van der Waals surface area contributed by atoms with E-state index in [-0.39, 0.29) is 5.17 Å². The number of hydrogen-bond donors (Lipinski definition) is 2. The van der Waals surface area contributed by atoms with Crippen LogP contribution < -0.4 is 5.73 Å². The van der Waals surface area contributed by atoms with Crippen molar-refractivity contribution >= 4 is 16.8 Å². The third kappa shape index (κ3) is 5.50. The first-order valence-electron chi connectivity index (χ1n) is 1.81. The van der Waals surface area contributed by atoms with Crippen LogP contribution in [0, 0.1) is 5.41 Å². The molecular weight excluding hydrogens is 112 g/mol. The fourth-order valence-electron chi connectivity index (χ4n) is 0.200. The molecule has 0 aromatic carbocycles. The van der Waals surface area contributed by atoms with Crippen LogP contribution in [0.4, 0.5) is 0 Å². The van der Waals surface area contributed by atoms with Crippen LogP contribution in [-0.4, -0.2) is 5.17 Å². The summed E-state index contributed by atoms with van der Waals surface area (Å²) >= 11 is 5.10. The number of halogens is 1. The summed E-state index contributed by atoms with van der Waals surface area (Å²) in [4.78, 5) is 0. The van der Waals surface area contributed by atoms with Crippen LogP contribution in [0.25, 0.3) is 0 Å². The van der Waals surface area contributed by atoms with Gasteiger partial charge < -0.3 is 5.73 Å². The molecule has 3 N–H and O–H groups in total. The highest BCUT2D eigenvalue weighted by molar-refractivity contribution is 6.67. The molecule has 0 amide bonds. The molecule has 0 aromatic heterocycles. The summed E-state index contributed by atoms with van der Waals surface area (Å²) in [6, 6.07) is 0. The average molecular weight is 119 g/mol. The van der Waals surface area contributed by atoms with Gasteiger partial charge in [-0.05, 0) is 13.0 Å². The summed E-state index contributed by atoms with van der Waals surface area (Å²) in [5.74, 6) is 0. The minimum atomic E-state index is -0.0278. The van der Waals surface area contributed by atoms with E-state index in [0.29, 0.717) is 5.70 Å². The van der Waals surface area contributed by atoms with Crippen molar-refractivity contribution < 1.29 is 0 Å². The Labute approximate surface area is 47.5 Å². The topological polar surface area (TPSA) is 49.9 Å². The number of rotatable bonds is 1. The molecule has 0 bridgehead atoms. The fraction of sp³-hybridized carbons (Fsp3) is 0.250. The monoisotopic (exact) mass is 118 g/mol. The maximum atomic E-state index is 6.63. The maximum Gasteiger partial charge on any atom is 0.122 e. The molecule has 0 aliphatic rings. The summed E-state index contributed by atoms with van der Waals surface area (Å²) in [5, 5.41) is 6.61. The first-order valence-corrected chi connectivity index (χ1v) is 2.18. The Bertz CT molecular complexity index is 102. The second-order valence-corrected chi connectivity index (χ2v) is 1.64. The highest BCUT2D eigenvalue weighted by Gasteiger charge is 1.79. The molecule has 0 aliphatic carbocycles. The fourth-order valence-corrected chi connectivity index (χ4v) is 0.372. The van der Waals surface area contributed by atoms with E-state index < -0.39 is 0 Å². The van der Waals surface area contributed by atoms with Crippen molar-refractivity contribution in [2.24, 2.45) is 5.73 Å². The second-order valence-electron chi connectivity index (χ2n) is 1.24. The van der Waals surface area contributed by atoms with Gasteiger partial charge in [-0.3, -0.25) is 5.41 Å². The zero-order valence-electron chi connectivity index (χ0n) is 4.03. The van der Waals surface area contributed by atoms with Crippen LogP contribution >= 0.6 is 11.6 Å². The summed E-state index contributed by atoms with van der Waals surface area (Å²) in [6.07, 6.45) is 1.38. The van der Waals surface area contributed by atoms with Gasteiger partial charge in [0, 0.05) is 5.70 Å². The lowest BCUT2D eigenvalue weighted by atomic mass is 10.5. The first-order chi connectivity index (χ1) is 3.13. The Balaban J connectivity index is 3.68. The van der Waals surface area contributed by atoms with Crippen molar-refractivity contribution in [2.75, 3.05) is 0 Å². The average Bonchev–Trinajstić information content (AvgIpc) is 1.27. The SMILES string of the molecule is CC(N)=CC(=N)Cl. The lowest BCUT2D eigenvalue weighted by molar-refractivity contribution is 1.32. The molecule has 0 unspecified atom stereocenters. The molecule has 0 fully saturated rings. The molecule has 0 aromatic rings. The molecular formula is C4H7ClN2. The summed E-state index contributed by atoms with van der Waals surface area (Å²) < 4.78 is 0. The predicted octanol–water partition coefficient (Wildman–Crippen LogP) is 1.06. The molecule has 40 valence electrons. The number of hydrogen-bond acceptors (Lipinski definition) is 2. The minimum absolute atomic E-state index is 0.0278.